The number of nitrogens with zero attached hydrogens (tertiary/aromatic N) is 3. The lowest BCUT2D eigenvalue weighted by atomic mass is 10.1. The van der Waals surface area contributed by atoms with Gasteiger partial charge >= 0.3 is 5.69 Å². The molecule has 0 fully saturated rings. The number of carbonyl (C=O) groups excluding carboxylic acids is 1. The van der Waals surface area contributed by atoms with Crippen LogP contribution in [0.3, 0.4) is 0 Å². The molecule has 0 aliphatic rings. The van der Waals surface area contributed by atoms with Crippen LogP contribution in [0.15, 0.2) is 47.3 Å². The fourth-order valence-corrected chi connectivity index (χ4v) is 3.39. The lowest BCUT2D eigenvalue weighted by Crippen LogP contribution is -2.19. The van der Waals surface area contributed by atoms with E-state index in [0.717, 1.165) is 27.5 Å². The number of hydrogen-bond donors (Lipinski definition) is 1. The van der Waals surface area contributed by atoms with Crippen molar-refractivity contribution in [3.8, 4) is 0 Å². The molecule has 27 heavy (non-hydrogen) atoms. The largest absolute Gasteiger partial charge is 0.328 e. The summed E-state index contributed by atoms with van der Waals surface area (Å²) in [4.78, 5) is 29.4. The molecule has 0 unspecified atom stereocenters. The minimum Gasteiger partial charge on any atom is -0.322 e. The zero-order valence-corrected chi connectivity index (χ0v) is 15.7. The zero-order chi connectivity index (χ0) is 19.3. The number of aromatic nitrogens is 3. The van der Waals surface area contributed by atoms with E-state index in [-0.39, 0.29) is 11.6 Å². The Morgan fingerprint density at radius 3 is 2.48 bits per heavy atom. The summed E-state index contributed by atoms with van der Waals surface area (Å²) in [6, 6.07) is 13.3. The number of imidazole rings is 1. The molecule has 6 nitrogen and oxygen atoms in total. The number of carbonyl (C=O) groups is 1. The molecule has 0 bridgehead atoms. The molecule has 2 aromatic carbocycles. The third-order valence-corrected chi connectivity index (χ3v) is 4.94. The van der Waals surface area contributed by atoms with Gasteiger partial charge in [0.05, 0.1) is 27.8 Å². The third kappa shape index (κ3) is 2.79. The first kappa shape index (κ1) is 17.0. The van der Waals surface area contributed by atoms with Gasteiger partial charge in [-0.2, -0.15) is 0 Å². The molecule has 0 saturated carbocycles. The van der Waals surface area contributed by atoms with Gasteiger partial charge in [0.25, 0.3) is 5.91 Å². The topological polar surface area (TPSA) is 68.9 Å². The molecule has 0 saturated heterocycles. The molecule has 0 atom stereocenters. The lowest BCUT2D eigenvalue weighted by Gasteiger charge is -2.10. The number of fused-ring (bicyclic) bond motifs is 2. The average Bonchev–Trinajstić information content (AvgIpc) is 2.85. The van der Waals surface area contributed by atoms with Crippen molar-refractivity contribution in [2.24, 2.45) is 14.1 Å². The number of anilines is 1. The number of aryl methyl sites for hydroxylation is 4. The van der Waals surface area contributed by atoms with Gasteiger partial charge in [0.15, 0.2) is 0 Å². The van der Waals surface area contributed by atoms with Crippen molar-refractivity contribution >= 4 is 33.5 Å². The van der Waals surface area contributed by atoms with E-state index >= 15 is 0 Å². The van der Waals surface area contributed by atoms with E-state index in [0.29, 0.717) is 16.9 Å². The molecule has 1 N–H and O–H groups in total. The first-order valence-corrected chi connectivity index (χ1v) is 8.70. The van der Waals surface area contributed by atoms with E-state index in [2.05, 4.69) is 10.3 Å². The van der Waals surface area contributed by atoms with E-state index in [1.165, 1.54) is 0 Å². The van der Waals surface area contributed by atoms with Gasteiger partial charge in [-0.15, -0.1) is 0 Å². The molecule has 0 radical (unpaired) electrons. The summed E-state index contributed by atoms with van der Waals surface area (Å²) in [6.07, 6.45) is 0. The van der Waals surface area contributed by atoms with Gasteiger partial charge in [-0.1, -0.05) is 12.1 Å². The number of pyridine rings is 1. The maximum atomic E-state index is 12.8. The summed E-state index contributed by atoms with van der Waals surface area (Å²) < 4.78 is 3.15. The van der Waals surface area contributed by atoms with Gasteiger partial charge < -0.3 is 5.32 Å². The molecule has 2 heterocycles. The first-order chi connectivity index (χ1) is 12.8. The number of benzene rings is 2. The highest BCUT2D eigenvalue weighted by atomic mass is 16.2. The molecular formula is C21H20N4O2. The van der Waals surface area contributed by atoms with Gasteiger partial charge in [-0.25, -0.2) is 4.79 Å². The van der Waals surface area contributed by atoms with Crippen LogP contribution in [0.4, 0.5) is 5.69 Å². The van der Waals surface area contributed by atoms with Crippen LogP contribution < -0.4 is 11.0 Å². The van der Waals surface area contributed by atoms with E-state index in [1.807, 2.05) is 50.2 Å². The van der Waals surface area contributed by atoms with Crippen molar-refractivity contribution in [3.05, 3.63) is 69.8 Å². The Balaban J connectivity index is 1.72. The number of nitrogens with one attached hydrogen (secondary N) is 1. The molecule has 4 aromatic rings. The first-order valence-electron chi connectivity index (χ1n) is 8.70. The molecule has 0 aliphatic carbocycles. The summed E-state index contributed by atoms with van der Waals surface area (Å²) in [5.74, 6) is -0.220. The summed E-state index contributed by atoms with van der Waals surface area (Å²) in [5, 5.41) is 3.85. The molecular weight excluding hydrogens is 340 g/mol. The van der Waals surface area contributed by atoms with Crippen LogP contribution in [-0.4, -0.2) is 20.0 Å². The smallest absolute Gasteiger partial charge is 0.322 e. The minimum atomic E-state index is -0.220. The zero-order valence-electron chi connectivity index (χ0n) is 15.7. The molecule has 0 spiro atoms. The van der Waals surface area contributed by atoms with Gasteiger partial charge in [-0.3, -0.25) is 18.9 Å². The highest BCUT2D eigenvalue weighted by Gasteiger charge is 2.14. The predicted octanol–water partition coefficient (Wildman–Crippen LogP) is 3.29. The number of amides is 1. The van der Waals surface area contributed by atoms with Gasteiger partial charge in [-0.05, 0) is 49.7 Å². The van der Waals surface area contributed by atoms with Crippen molar-refractivity contribution in [2.45, 2.75) is 13.8 Å². The van der Waals surface area contributed by atoms with Gasteiger partial charge in [0.2, 0.25) is 0 Å². The Morgan fingerprint density at radius 2 is 1.70 bits per heavy atom. The highest BCUT2D eigenvalue weighted by Crippen LogP contribution is 2.21. The van der Waals surface area contributed by atoms with E-state index in [1.54, 1.807) is 29.3 Å². The maximum Gasteiger partial charge on any atom is 0.328 e. The van der Waals surface area contributed by atoms with Crippen LogP contribution >= 0.6 is 0 Å². The summed E-state index contributed by atoms with van der Waals surface area (Å²) >= 11 is 0. The van der Waals surface area contributed by atoms with Crippen LogP contribution in [0.5, 0.6) is 0 Å². The number of rotatable bonds is 2. The second kappa shape index (κ2) is 6.09. The minimum absolute atomic E-state index is 0.0988. The quantitative estimate of drug-likeness (QED) is 0.596. The van der Waals surface area contributed by atoms with Gasteiger partial charge in [0, 0.05) is 25.2 Å². The Hall–Kier alpha value is -3.41. The Morgan fingerprint density at radius 1 is 0.963 bits per heavy atom. The maximum absolute atomic E-state index is 12.8. The van der Waals surface area contributed by atoms with Crippen molar-refractivity contribution in [3.63, 3.8) is 0 Å². The Kier molecular flexibility index (Phi) is 3.84. The highest BCUT2D eigenvalue weighted by molar-refractivity contribution is 6.07. The van der Waals surface area contributed by atoms with Crippen molar-refractivity contribution in [1.29, 1.82) is 0 Å². The Labute approximate surface area is 156 Å². The molecule has 136 valence electrons. The molecule has 4 rings (SSSR count). The average molecular weight is 360 g/mol. The SMILES string of the molecule is Cc1ccc2cc(C(=O)Nc3ccc4c(c3)n(C)c(=O)n4C)c(C)nc2c1. The third-order valence-electron chi connectivity index (χ3n) is 4.94. The second-order valence-corrected chi connectivity index (χ2v) is 6.88. The fraction of sp³-hybridized carbons (Fsp3) is 0.190. The summed E-state index contributed by atoms with van der Waals surface area (Å²) in [6.45, 7) is 3.85. The van der Waals surface area contributed by atoms with E-state index in [9.17, 15) is 9.59 Å². The van der Waals surface area contributed by atoms with Crippen molar-refractivity contribution < 1.29 is 4.79 Å². The molecule has 1 amide bonds. The Bertz CT molecular complexity index is 1280. The summed E-state index contributed by atoms with van der Waals surface area (Å²) in [7, 11) is 3.45. The molecule has 6 heteroatoms. The van der Waals surface area contributed by atoms with Crippen molar-refractivity contribution in [2.75, 3.05) is 5.32 Å². The normalized spacial score (nSPS) is 11.3. The van der Waals surface area contributed by atoms with Gasteiger partial charge in [0.1, 0.15) is 0 Å². The van der Waals surface area contributed by atoms with Crippen LogP contribution in [0.2, 0.25) is 0 Å². The van der Waals surface area contributed by atoms with Crippen LogP contribution in [0.25, 0.3) is 21.9 Å². The lowest BCUT2D eigenvalue weighted by molar-refractivity contribution is 0.102. The van der Waals surface area contributed by atoms with E-state index in [4.69, 9.17) is 0 Å². The predicted molar refractivity (Wildman–Crippen MR) is 107 cm³/mol. The van der Waals surface area contributed by atoms with E-state index < -0.39 is 0 Å². The standard InChI is InChI=1S/C21H20N4O2/c1-12-5-6-14-10-16(13(2)22-17(14)9-12)20(26)23-15-7-8-18-19(11-15)25(4)21(27)24(18)3/h5-11H,1-4H3,(H,23,26). The summed E-state index contributed by atoms with van der Waals surface area (Å²) in [5.41, 5.74) is 5.35. The fourth-order valence-electron chi connectivity index (χ4n) is 3.39. The van der Waals surface area contributed by atoms with Crippen LogP contribution in [0, 0.1) is 13.8 Å². The second-order valence-electron chi connectivity index (χ2n) is 6.88. The van der Waals surface area contributed by atoms with Crippen molar-refractivity contribution in [1.82, 2.24) is 14.1 Å². The monoisotopic (exact) mass is 360 g/mol. The van der Waals surface area contributed by atoms with Crippen LogP contribution in [-0.2, 0) is 14.1 Å². The molecule has 0 aliphatic heterocycles. The molecule has 2 aromatic heterocycles. The van der Waals surface area contributed by atoms with Crippen LogP contribution in [0.1, 0.15) is 21.6 Å². The number of hydrogen-bond acceptors (Lipinski definition) is 3.